The van der Waals surface area contributed by atoms with Crippen molar-refractivity contribution in [3.8, 4) is 0 Å². The van der Waals surface area contributed by atoms with Crippen LogP contribution in [0.2, 0.25) is 0 Å². The Labute approximate surface area is 133 Å². The maximum atomic E-state index is 12.7. The van der Waals surface area contributed by atoms with E-state index in [4.69, 9.17) is 5.73 Å². The molecule has 0 saturated carbocycles. The molecule has 0 radical (unpaired) electrons. The molecule has 2 amide bonds. The van der Waals surface area contributed by atoms with Gasteiger partial charge in [-0.1, -0.05) is 6.92 Å². The van der Waals surface area contributed by atoms with Crippen molar-refractivity contribution in [2.24, 2.45) is 5.73 Å². The highest BCUT2D eigenvalue weighted by atomic mass is 35.5. The zero-order valence-electron chi connectivity index (χ0n) is 12.9. The van der Waals surface area contributed by atoms with Gasteiger partial charge in [-0.3, -0.25) is 9.59 Å². The number of nitrogens with two attached hydrogens (primary N) is 1. The van der Waals surface area contributed by atoms with E-state index in [2.05, 4.69) is 0 Å². The van der Waals surface area contributed by atoms with Gasteiger partial charge in [0.2, 0.25) is 11.8 Å². The van der Waals surface area contributed by atoms with Crippen LogP contribution in [0.1, 0.15) is 51.9 Å². The summed E-state index contributed by atoms with van der Waals surface area (Å²) >= 11 is 0. The fourth-order valence-corrected chi connectivity index (χ4v) is 3.17. The van der Waals surface area contributed by atoms with Gasteiger partial charge in [0, 0.05) is 32.1 Å². The largest absolute Gasteiger partial charge is 0.341 e. The van der Waals surface area contributed by atoms with Crippen LogP contribution in [0.15, 0.2) is 0 Å². The fourth-order valence-electron chi connectivity index (χ4n) is 3.17. The molecule has 1 unspecified atom stereocenters. The number of rotatable bonds is 3. The predicted octanol–water partition coefficient (Wildman–Crippen LogP) is 1.54. The molecule has 5 nitrogen and oxygen atoms in total. The number of hydrogen-bond donors (Lipinski definition) is 1. The second-order valence-electron chi connectivity index (χ2n) is 6.01. The maximum absolute atomic E-state index is 12.7. The van der Waals surface area contributed by atoms with Crippen molar-refractivity contribution in [3.05, 3.63) is 0 Å². The van der Waals surface area contributed by atoms with Crippen LogP contribution >= 0.6 is 12.4 Å². The lowest BCUT2D eigenvalue weighted by Crippen LogP contribution is -2.55. The summed E-state index contributed by atoms with van der Waals surface area (Å²) in [6, 6.07) is 0.000330. The van der Waals surface area contributed by atoms with E-state index >= 15 is 0 Å². The Morgan fingerprint density at radius 3 is 2.38 bits per heavy atom. The third-order valence-electron chi connectivity index (χ3n) is 4.42. The second-order valence-corrected chi connectivity index (χ2v) is 6.01. The summed E-state index contributed by atoms with van der Waals surface area (Å²) in [4.78, 5) is 28.6. The number of carbonyl (C=O) groups is 2. The van der Waals surface area contributed by atoms with Crippen molar-refractivity contribution < 1.29 is 9.59 Å². The molecule has 2 N–H and O–H groups in total. The van der Waals surface area contributed by atoms with E-state index in [-0.39, 0.29) is 36.3 Å². The number of carbonyl (C=O) groups excluding carboxylic acids is 2. The van der Waals surface area contributed by atoms with E-state index < -0.39 is 0 Å². The van der Waals surface area contributed by atoms with Crippen LogP contribution in [0, 0.1) is 0 Å². The highest BCUT2D eigenvalue weighted by molar-refractivity contribution is 5.88. The van der Waals surface area contributed by atoms with Crippen LogP contribution in [0.25, 0.3) is 0 Å². The Morgan fingerprint density at radius 2 is 1.76 bits per heavy atom. The van der Waals surface area contributed by atoms with Crippen molar-refractivity contribution >= 4 is 24.2 Å². The molecule has 2 fully saturated rings. The van der Waals surface area contributed by atoms with E-state index in [0.29, 0.717) is 6.42 Å². The van der Waals surface area contributed by atoms with Crippen LogP contribution in [0.3, 0.4) is 0 Å². The Balaban J connectivity index is 0.00000220. The fraction of sp³-hybridized carbons (Fsp3) is 0.867. The number of halogens is 1. The van der Waals surface area contributed by atoms with Crippen molar-refractivity contribution in [1.29, 1.82) is 0 Å². The van der Waals surface area contributed by atoms with Gasteiger partial charge >= 0.3 is 0 Å². The van der Waals surface area contributed by atoms with E-state index in [1.165, 1.54) is 0 Å². The molecule has 2 aliphatic heterocycles. The molecule has 21 heavy (non-hydrogen) atoms. The van der Waals surface area contributed by atoms with E-state index in [1.54, 1.807) is 0 Å². The minimum atomic E-state index is -0.225. The summed E-state index contributed by atoms with van der Waals surface area (Å²) in [5.41, 5.74) is 5.89. The van der Waals surface area contributed by atoms with E-state index in [9.17, 15) is 9.59 Å². The summed E-state index contributed by atoms with van der Waals surface area (Å²) in [7, 11) is 0. The monoisotopic (exact) mass is 317 g/mol. The smallest absolute Gasteiger partial charge is 0.245 e. The lowest BCUT2D eigenvalue weighted by atomic mass is 9.98. The number of likely N-dealkylation sites (tertiary alicyclic amines) is 2. The van der Waals surface area contributed by atoms with Gasteiger partial charge in [-0.2, -0.15) is 0 Å². The Hall–Kier alpha value is -0.810. The van der Waals surface area contributed by atoms with E-state index in [1.807, 2.05) is 16.7 Å². The third kappa shape index (κ3) is 4.58. The van der Waals surface area contributed by atoms with Crippen LogP contribution in [-0.4, -0.2) is 53.3 Å². The normalized spacial score (nSPS) is 23.6. The first-order chi connectivity index (χ1) is 9.63. The predicted molar refractivity (Wildman–Crippen MR) is 85.3 cm³/mol. The Kier molecular flexibility index (Phi) is 7.46. The first-order valence-corrected chi connectivity index (χ1v) is 7.97. The summed E-state index contributed by atoms with van der Waals surface area (Å²) in [5.74, 6) is 0.278. The standard InChI is InChI=1S/C15H27N3O2.ClH/c1-2-5-14(19)18-9-4-3-6-13(18)15(20)17-10-7-12(16)8-11-17;/h12-13H,2-11,16H2,1H3;1H. The lowest BCUT2D eigenvalue weighted by Gasteiger charge is -2.39. The van der Waals surface area contributed by atoms with Crippen molar-refractivity contribution in [2.75, 3.05) is 19.6 Å². The first-order valence-electron chi connectivity index (χ1n) is 7.97. The highest BCUT2D eigenvalue weighted by Gasteiger charge is 2.35. The number of nitrogens with zero attached hydrogens (tertiary/aromatic N) is 2. The summed E-state index contributed by atoms with van der Waals surface area (Å²) < 4.78 is 0. The average molecular weight is 318 g/mol. The average Bonchev–Trinajstić information content (AvgIpc) is 2.47. The maximum Gasteiger partial charge on any atom is 0.245 e. The molecule has 0 spiro atoms. The van der Waals surface area contributed by atoms with Gasteiger partial charge in [0.05, 0.1) is 0 Å². The molecule has 0 aromatic carbocycles. The van der Waals surface area contributed by atoms with Gasteiger partial charge in [0.15, 0.2) is 0 Å². The number of hydrogen-bond acceptors (Lipinski definition) is 3. The molecular formula is C15H28ClN3O2. The molecule has 2 heterocycles. The summed E-state index contributed by atoms with van der Waals surface area (Å²) in [5, 5.41) is 0. The lowest BCUT2D eigenvalue weighted by molar-refractivity contribution is -0.148. The second kappa shape index (κ2) is 8.59. The molecule has 2 rings (SSSR count). The van der Waals surface area contributed by atoms with E-state index in [0.717, 1.165) is 58.2 Å². The van der Waals surface area contributed by atoms with Gasteiger partial charge in [0.1, 0.15) is 6.04 Å². The van der Waals surface area contributed by atoms with Crippen LogP contribution in [0.5, 0.6) is 0 Å². The van der Waals surface area contributed by atoms with Gasteiger partial charge in [-0.05, 0) is 38.5 Å². The molecule has 0 aromatic rings. The Morgan fingerprint density at radius 1 is 1.10 bits per heavy atom. The van der Waals surface area contributed by atoms with Gasteiger partial charge < -0.3 is 15.5 Å². The Bertz CT molecular complexity index is 357. The zero-order chi connectivity index (χ0) is 14.5. The van der Waals surface area contributed by atoms with Crippen LogP contribution in [0.4, 0.5) is 0 Å². The molecule has 0 bridgehead atoms. The quantitative estimate of drug-likeness (QED) is 0.858. The number of amides is 2. The molecule has 0 aromatic heterocycles. The van der Waals surface area contributed by atoms with Crippen molar-refractivity contribution in [3.63, 3.8) is 0 Å². The minimum absolute atomic E-state index is 0. The SMILES string of the molecule is CCCC(=O)N1CCCCC1C(=O)N1CCC(N)CC1.Cl. The molecule has 0 aliphatic carbocycles. The molecule has 122 valence electrons. The minimum Gasteiger partial charge on any atom is -0.341 e. The summed E-state index contributed by atoms with van der Waals surface area (Å²) in [6.07, 6.45) is 6.02. The molecule has 1 atom stereocenters. The summed E-state index contributed by atoms with van der Waals surface area (Å²) in [6.45, 7) is 4.23. The van der Waals surface area contributed by atoms with Crippen LogP contribution in [-0.2, 0) is 9.59 Å². The zero-order valence-corrected chi connectivity index (χ0v) is 13.7. The topological polar surface area (TPSA) is 66.6 Å². The third-order valence-corrected chi connectivity index (χ3v) is 4.42. The molecule has 2 aliphatic rings. The van der Waals surface area contributed by atoms with Gasteiger partial charge in [-0.15, -0.1) is 12.4 Å². The van der Waals surface area contributed by atoms with Crippen LogP contribution < -0.4 is 5.73 Å². The molecule has 6 heteroatoms. The van der Waals surface area contributed by atoms with Crippen molar-refractivity contribution in [2.45, 2.75) is 64.0 Å². The van der Waals surface area contributed by atoms with Crippen molar-refractivity contribution in [1.82, 2.24) is 9.80 Å². The molecule has 2 saturated heterocycles. The molecular weight excluding hydrogens is 290 g/mol. The van der Waals surface area contributed by atoms with Gasteiger partial charge in [-0.25, -0.2) is 0 Å². The first kappa shape index (κ1) is 18.2. The highest BCUT2D eigenvalue weighted by Crippen LogP contribution is 2.22. The number of piperidine rings is 2. The van der Waals surface area contributed by atoms with Gasteiger partial charge in [0.25, 0.3) is 0 Å².